The van der Waals surface area contributed by atoms with Crippen molar-refractivity contribution < 1.29 is 27.6 Å². The van der Waals surface area contributed by atoms with Crippen molar-refractivity contribution in [3.8, 4) is 16.9 Å². The highest BCUT2D eigenvalue weighted by Crippen LogP contribution is 2.28. The predicted molar refractivity (Wildman–Crippen MR) is 146 cm³/mol. The van der Waals surface area contributed by atoms with Crippen LogP contribution in [0, 0.1) is 0 Å². The number of halogens is 1. The second-order valence-electron chi connectivity index (χ2n) is 9.00. The van der Waals surface area contributed by atoms with E-state index in [4.69, 9.17) is 19.2 Å². The van der Waals surface area contributed by atoms with Gasteiger partial charge in [0.2, 0.25) is 16.4 Å². The summed E-state index contributed by atoms with van der Waals surface area (Å²) in [6, 6.07) is 17.0. The first kappa shape index (κ1) is 29.7. The van der Waals surface area contributed by atoms with E-state index in [0.717, 1.165) is 47.8 Å². The molecule has 0 bridgehead atoms. The van der Waals surface area contributed by atoms with Gasteiger partial charge in [-0.05, 0) is 85.8 Å². The van der Waals surface area contributed by atoms with Gasteiger partial charge in [-0.25, -0.2) is 13.9 Å². The minimum absolute atomic E-state index is 0. The van der Waals surface area contributed by atoms with Crippen molar-refractivity contribution in [2.45, 2.75) is 37.1 Å². The lowest BCUT2D eigenvalue weighted by Gasteiger charge is -2.25. The molecule has 0 spiro atoms. The SMILES string of the molecule is Cl.O=CNO.O=S(=O)(c1ccc(-c2ccc(OCCCN3CCCC3)cc2)cc1)N1CCc2ccoc2C1. The molecule has 1 saturated heterocycles. The fourth-order valence-electron chi connectivity index (χ4n) is 4.61. The third-order valence-corrected chi connectivity index (χ3v) is 8.47. The second-order valence-corrected chi connectivity index (χ2v) is 10.9. The van der Waals surface area contributed by atoms with E-state index in [1.807, 2.05) is 42.5 Å². The average molecular weight is 564 g/mol. The maximum absolute atomic E-state index is 13.1. The summed E-state index contributed by atoms with van der Waals surface area (Å²) in [4.78, 5) is 11.6. The van der Waals surface area contributed by atoms with Crippen molar-refractivity contribution >= 4 is 28.8 Å². The van der Waals surface area contributed by atoms with Gasteiger partial charge in [-0.2, -0.15) is 4.31 Å². The Morgan fingerprint density at radius 3 is 2.24 bits per heavy atom. The maximum Gasteiger partial charge on any atom is 0.243 e. The number of rotatable bonds is 9. The molecule has 2 N–H and O–H groups in total. The molecule has 9 nitrogen and oxygen atoms in total. The molecule has 3 heterocycles. The summed E-state index contributed by atoms with van der Waals surface area (Å²) < 4.78 is 39.0. The van der Waals surface area contributed by atoms with Crippen LogP contribution in [0.4, 0.5) is 0 Å². The van der Waals surface area contributed by atoms with E-state index < -0.39 is 10.0 Å². The highest BCUT2D eigenvalue weighted by molar-refractivity contribution is 7.89. The van der Waals surface area contributed by atoms with E-state index in [1.165, 1.54) is 35.7 Å². The summed E-state index contributed by atoms with van der Waals surface area (Å²) in [5.74, 6) is 1.60. The standard InChI is InChI=1S/C26H30N2O4S.CH3NO2.ClH/c29-33(30,28-17-12-23-13-19-32-26(23)20-28)25-10-6-22(7-11-25)21-4-8-24(9-5-21)31-18-3-16-27-14-1-2-15-27;3-1-2-4;/h4-11,13,19H,1-3,12,14-18,20H2;1,4H,(H,2,3);1H. The van der Waals surface area contributed by atoms with E-state index in [1.54, 1.807) is 18.4 Å². The predicted octanol–water partition coefficient (Wildman–Crippen LogP) is 4.10. The average Bonchev–Trinajstić information content (AvgIpc) is 3.63. The zero-order chi connectivity index (χ0) is 26.1. The smallest absolute Gasteiger partial charge is 0.243 e. The summed E-state index contributed by atoms with van der Waals surface area (Å²) in [6.07, 6.45) is 6.16. The van der Waals surface area contributed by atoms with Gasteiger partial charge in [-0.3, -0.25) is 10.0 Å². The van der Waals surface area contributed by atoms with E-state index in [2.05, 4.69) is 4.90 Å². The Balaban J connectivity index is 0.000000749. The highest BCUT2D eigenvalue weighted by atomic mass is 35.5. The van der Waals surface area contributed by atoms with Gasteiger partial charge in [0.1, 0.15) is 11.5 Å². The number of carbonyl (C=O) groups excluding carboxylic acids is 1. The first-order chi connectivity index (χ1) is 18.0. The van der Waals surface area contributed by atoms with Crippen LogP contribution in [0.15, 0.2) is 70.2 Å². The number of ether oxygens (including phenoxy) is 1. The maximum atomic E-state index is 13.1. The molecular formula is C27H34ClN3O6S. The Morgan fingerprint density at radius 2 is 1.61 bits per heavy atom. The molecule has 11 heteroatoms. The fourth-order valence-corrected chi connectivity index (χ4v) is 6.01. The summed E-state index contributed by atoms with van der Waals surface area (Å²) in [5, 5.41) is 7.26. The molecule has 0 radical (unpaired) electrons. The zero-order valence-corrected chi connectivity index (χ0v) is 22.8. The minimum atomic E-state index is -3.56. The number of sulfonamides is 1. The third kappa shape index (κ3) is 7.58. The fraction of sp³-hybridized carbons (Fsp3) is 0.370. The van der Waals surface area contributed by atoms with Gasteiger partial charge < -0.3 is 14.1 Å². The zero-order valence-electron chi connectivity index (χ0n) is 21.1. The number of carbonyl (C=O) groups is 1. The summed E-state index contributed by atoms with van der Waals surface area (Å²) in [6.45, 7) is 5.02. The van der Waals surface area contributed by atoms with E-state index in [9.17, 15) is 8.42 Å². The molecule has 2 aliphatic heterocycles. The van der Waals surface area contributed by atoms with Crippen LogP contribution < -0.4 is 10.2 Å². The van der Waals surface area contributed by atoms with Gasteiger partial charge in [0.05, 0.1) is 24.3 Å². The molecule has 0 aliphatic carbocycles. The molecular weight excluding hydrogens is 530 g/mol. The van der Waals surface area contributed by atoms with Gasteiger partial charge in [0.15, 0.2) is 0 Å². The van der Waals surface area contributed by atoms with Crippen molar-refractivity contribution in [1.82, 2.24) is 14.7 Å². The van der Waals surface area contributed by atoms with Crippen molar-refractivity contribution in [2.75, 3.05) is 32.8 Å². The molecule has 0 saturated carbocycles. The Kier molecular flexibility index (Phi) is 11.2. The summed E-state index contributed by atoms with van der Waals surface area (Å²) >= 11 is 0. The van der Waals surface area contributed by atoms with Crippen LogP contribution >= 0.6 is 12.4 Å². The van der Waals surface area contributed by atoms with Crippen LogP contribution in [0.5, 0.6) is 5.75 Å². The van der Waals surface area contributed by atoms with Crippen molar-refractivity contribution in [3.63, 3.8) is 0 Å². The number of nitrogens with zero attached hydrogens (tertiary/aromatic N) is 2. The lowest BCUT2D eigenvalue weighted by molar-refractivity contribution is -0.116. The lowest BCUT2D eigenvalue weighted by atomic mass is 10.1. The largest absolute Gasteiger partial charge is 0.494 e. The number of nitrogens with one attached hydrogen (secondary N) is 1. The van der Waals surface area contributed by atoms with Gasteiger partial charge in [-0.15, -0.1) is 12.4 Å². The van der Waals surface area contributed by atoms with Crippen LogP contribution in [-0.4, -0.2) is 62.0 Å². The number of furan rings is 1. The van der Waals surface area contributed by atoms with Crippen LogP contribution in [0.3, 0.4) is 0 Å². The van der Waals surface area contributed by atoms with E-state index in [0.29, 0.717) is 17.9 Å². The number of hydrogen-bond donors (Lipinski definition) is 2. The van der Waals surface area contributed by atoms with Crippen molar-refractivity contribution in [3.05, 3.63) is 72.2 Å². The molecule has 38 heavy (non-hydrogen) atoms. The van der Waals surface area contributed by atoms with Gasteiger partial charge in [0, 0.05) is 13.1 Å². The normalized spacial score (nSPS) is 15.5. The second kappa shape index (κ2) is 14.3. The number of benzene rings is 2. The van der Waals surface area contributed by atoms with Crippen molar-refractivity contribution in [2.24, 2.45) is 0 Å². The van der Waals surface area contributed by atoms with Gasteiger partial charge in [0.25, 0.3) is 0 Å². The monoisotopic (exact) mass is 563 g/mol. The molecule has 1 aromatic heterocycles. The molecule has 2 aliphatic rings. The van der Waals surface area contributed by atoms with Crippen LogP contribution in [0.25, 0.3) is 11.1 Å². The lowest BCUT2D eigenvalue weighted by Crippen LogP contribution is -2.35. The first-order valence-electron chi connectivity index (χ1n) is 12.5. The molecule has 0 atom stereocenters. The Labute approximate surface area is 229 Å². The number of hydrogen-bond acceptors (Lipinski definition) is 7. The Bertz CT molecular complexity index is 1240. The van der Waals surface area contributed by atoms with E-state index in [-0.39, 0.29) is 25.4 Å². The van der Waals surface area contributed by atoms with Gasteiger partial charge >= 0.3 is 0 Å². The highest BCUT2D eigenvalue weighted by Gasteiger charge is 2.29. The number of likely N-dealkylation sites (tertiary alicyclic amines) is 1. The molecule has 1 amide bonds. The van der Waals surface area contributed by atoms with Crippen LogP contribution in [-0.2, 0) is 27.8 Å². The van der Waals surface area contributed by atoms with Crippen LogP contribution in [0.1, 0.15) is 30.6 Å². The molecule has 2 aromatic carbocycles. The first-order valence-corrected chi connectivity index (χ1v) is 13.9. The molecule has 5 rings (SSSR count). The van der Waals surface area contributed by atoms with Crippen LogP contribution in [0.2, 0.25) is 0 Å². The third-order valence-electron chi connectivity index (χ3n) is 6.61. The quantitative estimate of drug-likeness (QED) is 0.174. The number of amides is 1. The molecule has 3 aromatic rings. The Morgan fingerprint density at radius 1 is 0.974 bits per heavy atom. The Hall–Kier alpha value is -2.89. The summed E-state index contributed by atoms with van der Waals surface area (Å²) in [5.41, 5.74) is 4.35. The molecule has 0 unspecified atom stereocenters. The molecule has 206 valence electrons. The molecule has 1 fully saturated rings. The number of hydroxylamine groups is 1. The number of fused-ring (bicyclic) bond motifs is 1. The van der Waals surface area contributed by atoms with Gasteiger partial charge in [-0.1, -0.05) is 24.3 Å². The summed E-state index contributed by atoms with van der Waals surface area (Å²) in [7, 11) is -3.56. The minimum Gasteiger partial charge on any atom is -0.494 e. The van der Waals surface area contributed by atoms with Crippen molar-refractivity contribution in [1.29, 1.82) is 0 Å². The topological polar surface area (TPSA) is 112 Å². The van der Waals surface area contributed by atoms with E-state index >= 15 is 0 Å².